The Morgan fingerprint density at radius 1 is 1.27 bits per heavy atom. The highest BCUT2D eigenvalue weighted by molar-refractivity contribution is 6.33. The Morgan fingerprint density at radius 3 is 2.69 bits per heavy atom. The van der Waals surface area contributed by atoms with Gasteiger partial charge in [0.15, 0.2) is 5.82 Å². The molecule has 2 heterocycles. The second-order valence-corrected chi connectivity index (χ2v) is 7.74. The fourth-order valence-corrected chi connectivity index (χ4v) is 4.65. The Kier molecular flexibility index (Phi) is 5.76. The summed E-state index contributed by atoms with van der Waals surface area (Å²) in [5.41, 5.74) is 7.65. The lowest BCUT2D eigenvalue weighted by Crippen LogP contribution is -2.25. The van der Waals surface area contributed by atoms with Crippen LogP contribution in [0.15, 0.2) is 18.2 Å². The van der Waals surface area contributed by atoms with E-state index in [1.54, 1.807) is 0 Å². The van der Waals surface area contributed by atoms with Gasteiger partial charge in [-0.25, -0.2) is 0 Å². The molecule has 0 N–H and O–H groups in total. The van der Waals surface area contributed by atoms with Gasteiger partial charge >= 0.3 is 0 Å². The molecule has 0 amide bonds. The van der Waals surface area contributed by atoms with Gasteiger partial charge in [-0.1, -0.05) is 44.0 Å². The first-order valence-electron chi connectivity index (χ1n) is 9.77. The molecule has 3 nitrogen and oxygen atoms in total. The molecule has 0 spiro atoms. The molecule has 1 aliphatic rings. The summed E-state index contributed by atoms with van der Waals surface area (Å²) < 4.78 is 2.08. The van der Waals surface area contributed by atoms with E-state index in [-0.39, 0.29) is 0 Å². The lowest BCUT2D eigenvalue weighted by Gasteiger charge is -2.30. The van der Waals surface area contributed by atoms with Gasteiger partial charge < -0.3 is 4.90 Å². The Balaban J connectivity index is 2.13. The van der Waals surface area contributed by atoms with E-state index in [2.05, 4.69) is 62.5 Å². The van der Waals surface area contributed by atoms with Gasteiger partial charge in [0.1, 0.15) is 0 Å². The van der Waals surface area contributed by atoms with Crippen LogP contribution in [0.25, 0.3) is 5.57 Å². The molecule has 1 aromatic carbocycles. The van der Waals surface area contributed by atoms with Crippen molar-refractivity contribution in [3.63, 3.8) is 0 Å². The Labute approximate surface area is 162 Å². The van der Waals surface area contributed by atoms with Crippen molar-refractivity contribution in [1.82, 2.24) is 9.78 Å². The third kappa shape index (κ3) is 3.42. The van der Waals surface area contributed by atoms with Crippen molar-refractivity contribution >= 4 is 28.7 Å². The molecule has 3 rings (SSSR count). The Hall–Kier alpha value is -1.74. The van der Waals surface area contributed by atoms with E-state index in [9.17, 15) is 0 Å². The van der Waals surface area contributed by atoms with Gasteiger partial charge in [0.05, 0.1) is 16.4 Å². The first kappa shape index (κ1) is 19.0. The number of hydrogen-bond donors (Lipinski definition) is 0. The summed E-state index contributed by atoms with van der Waals surface area (Å²) in [6.45, 7) is 9.66. The Bertz CT molecular complexity index is 809. The van der Waals surface area contributed by atoms with Crippen molar-refractivity contribution < 1.29 is 0 Å². The van der Waals surface area contributed by atoms with Crippen LogP contribution in [0.4, 0.5) is 11.5 Å². The maximum Gasteiger partial charge on any atom is 0.158 e. The summed E-state index contributed by atoms with van der Waals surface area (Å²) in [6, 6.07) is 4.26. The van der Waals surface area contributed by atoms with Crippen molar-refractivity contribution in [2.75, 3.05) is 11.4 Å². The van der Waals surface area contributed by atoms with Gasteiger partial charge in [-0.2, -0.15) is 5.10 Å². The van der Waals surface area contributed by atoms with Gasteiger partial charge in [0.2, 0.25) is 0 Å². The van der Waals surface area contributed by atoms with E-state index in [1.807, 2.05) is 0 Å². The summed E-state index contributed by atoms with van der Waals surface area (Å²) in [5, 5.41) is 5.76. The van der Waals surface area contributed by atoms with Crippen molar-refractivity contribution in [2.24, 2.45) is 7.05 Å². The van der Waals surface area contributed by atoms with Crippen LogP contribution in [-0.2, 0) is 13.5 Å². The van der Waals surface area contributed by atoms with E-state index in [0.717, 1.165) is 55.2 Å². The molecular formula is C22H30ClN3. The van der Waals surface area contributed by atoms with Gasteiger partial charge in [-0.05, 0) is 62.3 Å². The number of rotatable bonds is 5. The number of allylic oxidation sites excluding steroid dienone is 2. The van der Waals surface area contributed by atoms with Crippen LogP contribution in [0.2, 0.25) is 5.02 Å². The molecular weight excluding hydrogens is 342 g/mol. The molecule has 0 saturated carbocycles. The lowest BCUT2D eigenvalue weighted by molar-refractivity contribution is 0.736. The zero-order valence-corrected chi connectivity index (χ0v) is 17.5. The molecule has 0 radical (unpaired) electrons. The number of fused-ring (bicyclic) bond motifs is 1. The SMILES string of the molecule is CC/C=C(/CCC)c1c2c(nn1C)N(c1c(C)cc(C)cc1Cl)CCC2. The molecule has 140 valence electrons. The molecule has 2 aromatic rings. The molecule has 4 heteroatoms. The lowest BCUT2D eigenvalue weighted by atomic mass is 9.96. The summed E-state index contributed by atoms with van der Waals surface area (Å²) >= 11 is 6.66. The molecule has 0 aliphatic carbocycles. The van der Waals surface area contributed by atoms with E-state index in [4.69, 9.17) is 16.7 Å². The molecule has 1 aromatic heterocycles. The second kappa shape index (κ2) is 7.87. The van der Waals surface area contributed by atoms with Gasteiger partial charge in [-0.15, -0.1) is 0 Å². The summed E-state index contributed by atoms with van der Waals surface area (Å²) in [6.07, 6.45) is 7.89. The Morgan fingerprint density at radius 2 is 2.04 bits per heavy atom. The predicted octanol–water partition coefficient (Wildman–Crippen LogP) is 6.37. The average molecular weight is 372 g/mol. The van der Waals surface area contributed by atoms with E-state index in [1.165, 1.54) is 28.0 Å². The fraction of sp³-hybridized carbons (Fsp3) is 0.500. The minimum Gasteiger partial charge on any atom is -0.323 e. The summed E-state index contributed by atoms with van der Waals surface area (Å²) in [4.78, 5) is 2.33. The van der Waals surface area contributed by atoms with Crippen LogP contribution in [0, 0.1) is 13.8 Å². The van der Waals surface area contributed by atoms with E-state index < -0.39 is 0 Å². The fourth-order valence-electron chi connectivity index (χ4n) is 4.22. The number of anilines is 2. The highest BCUT2D eigenvalue weighted by Crippen LogP contribution is 2.41. The summed E-state index contributed by atoms with van der Waals surface area (Å²) in [7, 11) is 2.08. The zero-order valence-electron chi connectivity index (χ0n) is 16.7. The van der Waals surface area contributed by atoms with Crippen LogP contribution in [0.5, 0.6) is 0 Å². The van der Waals surface area contributed by atoms with Crippen LogP contribution in [-0.4, -0.2) is 16.3 Å². The number of benzene rings is 1. The van der Waals surface area contributed by atoms with Gasteiger partial charge in [-0.3, -0.25) is 4.68 Å². The predicted molar refractivity (Wildman–Crippen MR) is 113 cm³/mol. The van der Waals surface area contributed by atoms with Crippen LogP contribution in [0.3, 0.4) is 0 Å². The second-order valence-electron chi connectivity index (χ2n) is 7.33. The average Bonchev–Trinajstić information content (AvgIpc) is 2.90. The van der Waals surface area contributed by atoms with Crippen molar-refractivity contribution in [1.29, 1.82) is 0 Å². The molecule has 0 bridgehead atoms. The minimum absolute atomic E-state index is 0.820. The first-order valence-corrected chi connectivity index (χ1v) is 10.1. The van der Waals surface area contributed by atoms with Crippen LogP contribution >= 0.6 is 11.6 Å². The van der Waals surface area contributed by atoms with Gasteiger partial charge in [0, 0.05) is 19.2 Å². The zero-order chi connectivity index (χ0) is 18.8. The number of halogens is 1. The highest BCUT2D eigenvalue weighted by Gasteiger charge is 2.28. The number of nitrogens with zero attached hydrogens (tertiary/aromatic N) is 3. The highest BCUT2D eigenvalue weighted by atomic mass is 35.5. The molecule has 0 saturated heterocycles. The maximum atomic E-state index is 6.66. The van der Waals surface area contributed by atoms with E-state index >= 15 is 0 Å². The quantitative estimate of drug-likeness (QED) is 0.609. The third-order valence-electron chi connectivity index (χ3n) is 5.13. The van der Waals surface area contributed by atoms with Gasteiger partial charge in [0.25, 0.3) is 0 Å². The maximum absolute atomic E-state index is 6.66. The normalized spacial score (nSPS) is 14.7. The monoisotopic (exact) mass is 371 g/mol. The smallest absolute Gasteiger partial charge is 0.158 e. The number of hydrogen-bond acceptors (Lipinski definition) is 2. The molecule has 1 aliphatic heterocycles. The summed E-state index contributed by atoms with van der Waals surface area (Å²) in [5.74, 6) is 1.08. The molecule has 0 atom stereocenters. The van der Waals surface area contributed by atoms with Crippen LogP contribution in [0.1, 0.15) is 61.9 Å². The standard InChI is InChI=1S/C22H30ClN3/c1-6-9-17(10-7-2)21-18-11-8-12-26(22(18)24-25(21)5)20-16(4)13-15(3)14-19(20)23/h9,13-14H,6-8,10-12H2,1-5H3/b17-9-. The topological polar surface area (TPSA) is 21.1 Å². The molecule has 0 fully saturated rings. The van der Waals surface area contributed by atoms with Crippen LogP contribution < -0.4 is 4.90 Å². The number of aryl methyl sites for hydroxylation is 3. The molecule has 0 unspecified atom stereocenters. The van der Waals surface area contributed by atoms with Crippen molar-refractivity contribution in [2.45, 2.75) is 59.8 Å². The number of aromatic nitrogens is 2. The van der Waals surface area contributed by atoms with E-state index in [0.29, 0.717) is 0 Å². The molecule has 26 heavy (non-hydrogen) atoms. The largest absolute Gasteiger partial charge is 0.323 e. The van der Waals surface area contributed by atoms with Crippen molar-refractivity contribution in [3.8, 4) is 0 Å². The first-order chi connectivity index (χ1) is 12.5. The van der Waals surface area contributed by atoms with Crippen molar-refractivity contribution in [3.05, 3.63) is 45.6 Å². The third-order valence-corrected chi connectivity index (χ3v) is 5.42. The minimum atomic E-state index is 0.820.